The highest BCUT2D eigenvalue weighted by molar-refractivity contribution is 6.02. The van der Waals surface area contributed by atoms with E-state index >= 15 is 52.7 Å². The first kappa shape index (κ1) is 51.3. The van der Waals surface area contributed by atoms with Gasteiger partial charge in [0.2, 0.25) is 17.5 Å². The summed E-state index contributed by atoms with van der Waals surface area (Å²) in [6, 6.07) is 18.4. The van der Waals surface area contributed by atoms with Crippen LogP contribution in [-0.2, 0) is 0 Å². The lowest BCUT2D eigenvalue weighted by Gasteiger charge is -2.13. The van der Waals surface area contributed by atoms with Crippen molar-refractivity contribution < 1.29 is 70.6 Å². The van der Waals surface area contributed by atoms with Crippen molar-refractivity contribution in [3.63, 3.8) is 0 Å². The van der Waals surface area contributed by atoms with Gasteiger partial charge in [-0.2, -0.15) is 5.11 Å². The fourth-order valence-corrected chi connectivity index (χ4v) is 9.17. The predicted molar refractivity (Wildman–Crippen MR) is 260 cm³/mol. The molecule has 0 fully saturated rings. The van der Waals surface area contributed by atoms with Crippen molar-refractivity contribution >= 4 is 57.7 Å². The number of rotatable bonds is 8. The lowest BCUT2D eigenvalue weighted by Crippen LogP contribution is -2.06. The summed E-state index contributed by atoms with van der Waals surface area (Å²) in [5.74, 6) is -36.7. The summed E-state index contributed by atoms with van der Waals surface area (Å²) in [7, 11) is 1.42. The number of pyridine rings is 1. The first-order chi connectivity index (χ1) is 37.9. The predicted octanol–water partition coefficient (Wildman–Crippen LogP) is 16.9. The Kier molecular flexibility index (Phi) is 12.8. The second-order valence-corrected chi connectivity index (χ2v) is 17.2. The highest BCUT2D eigenvalue weighted by Crippen LogP contribution is 2.45. The van der Waals surface area contributed by atoms with Crippen LogP contribution in [0.5, 0.6) is 5.75 Å². The number of halogens is 15. The van der Waals surface area contributed by atoms with Crippen LogP contribution in [0.2, 0.25) is 0 Å². The maximum absolute atomic E-state index is 16.2. The normalized spacial score (nSPS) is 12.2. The van der Waals surface area contributed by atoms with Crippen molar-refractivity contribution in [1.29, 1.82) is 0 Å². The fourth-order valence-electron chi connectivity index (χ4n) is 9.17. The van der Waals surface area contributed by atoms with E-state index in [0.717, 1.165) is 36.4 Å². The number of H-pyrrole nitrogens is 2. The van der Waals surface area contributed by atoms with E-state index in [0.29, 0.717) is 16.9 Å². The van der Waals surface area contributed by atoms with Gasteiger partial charge in [-0.25, -0.2) is 75.8 Å². The molecule has 23 heteroatoms. The molecule has 79 heavy (non-hydrogen) atoms. The largest absolute Gasteiger partial charge is 0.494 e. The Balaban J connectivity index is 1.31. The van der Waals surface area contributed by atoms with Gasteiger partial charge in [-0.1, -0.05) is 36.4 Å². The summed E-state index contributed by atoms with van der Waals surface area (Å²) >= 11 is 0. The molecule has 2 aliphatic heterocycles. The first-order valence-corrected chi connectivity index (χ1v) is 22.7. The Labute approximate surface area is 432 Å². The lowest BCUT2D eigenvalue weighted by atomic mass is 9.93. The molecule has 0 unspecified atom stereocenters. The fraction of sp³-hybridized carbons (Fsp3) is 0.0179. The van der Waals surface area contributed by atoms with E-state index in [1.807, 2.05) is 0 Å². The van der Waals surface area contributed by atoms with Crippen LogP contribution in [-0.4, -0.2) is 32.0 Å². The molecule has 2 aliphatic rings. The molecular formula is C56H24F15N7O. The number of hydrogen-bond donors (Lipinski definition) is 2. The summed E-state index contributed by atoms with van der Waals surface area (Å²) in [4.78, 5) is 18.2. The number of ether oxygens (including phenoxy) is 1. The quantitative estimate of drug-likeness (QED) is 0.0684. The van der Waals surface area contributed by atoms with Crippen molar-refractivity contribution in [3.05, 3.63) is 201 Å². The zero-order valence-corrected chi connectivity index (χ0v) is 39.3. The summed E-state index contributed by atoms with van der Waals surface area (Å²) < 4.78 is 238. The van der Waals surface area contributed by atoms with E-state index in [-0.39, 0.29) is 33.7 Å². The molecule has 9 aromatic rings. The number of hydrogen-bond acceptors (Lipinski definition) is 6. The third-order valence-electron chi connectivity index (χ3n) is 12.7. The third-order valence-corrected chi connectivity index (χ3v) is 12.7. The van der Waals surface area contributed by atoms with Crippen molar-refractivity contribution in [2.45, 2.75) is 0 Å². The molecule has 0 saturated carbocycles. The van der Waals surface area contributed by atoms with Crippen molar-refractivity contribution in [2.24, 2.45) is 10.2 Å². The van der Waals surface area contributed by atoms with Gasteiger partial charge in [-0.05, 0) is 77.4 Å². The van der Waals surface area contributed by atoms with Crippen LogP contribution in [0.25, 0.3) is 102 Å². The zero-order valence-electron chi connectivity index (χ0n) is 39.3. The highest BCUT2D eigenvalue weighted by Gasteiger charge is 2.34. The highest BCUT2D eigenvalue weighted by atomic mass is 19.2. The molecule has 0 radical (unpaired) electrons. The topological polar surface area (TPSA) is 104 Å². The summed E-state index contributed by atoms with van der Waals surface area (Å²) in [6.07, 6.45) is 6.79. The van der Waals surface area contributed by atoms with Gasteiger partial charge >= 0.3 is 0 Å². The van der Waals surface area contributed by atoms with Crippen LogP contribution < -0.4 is 4.74 Å². The Morgan fingerprint density at radius 1 is 0.380 bits per heavy atom. The average Bonchev–Trinajstić information content (AvgIpc) is 4.55. The van der Waals surface area contributed by atoms with Crippen LogP contribution in [0, 0.1) is 87.3 Å². The maximum atomic E-state index is 16.2. The molecule has 2 N–H and O–H groups in total. The van der Waals surface area contributed by atoms with Gasteiger partial charge in [-0.3, -0.25) is 4.98 Å². The number of methoxy groups -OCH3 is 1. The van der Waals surface area contributed by atoms with Gasteiger partial charge in [0, 0.05) is 56.6 Å². The van der Waals surface area contributed by atoms with Crippen LogP contribution in [0.4, 0.5) is 77.2 Å². The Morgan fingerprint density at radius 2 is 0.759 bits per heavy atom. The van der Waals surface area contributed by atoms with E-state index in [1.54, 1.807) is 54.6 Å². The minimum absolute atomic E-state index is 0.00824. The Morgan fingerprint density at radius 3 is 1.18 bits per heavy atom. The SMILES string of the molecule is COc1ccncc1N=Nc1cccc(-c2ccccc2-c2c3nc(c(-c4c(F)c(F)c(F)c(F)c4F)c4ccc([nH]4)c(-c4c(F)c(F)c(F)c(F)c4F)c4nc(c(-c5c(F)c(F)c(F)c(F)c5F)c5ccc2[nH]5)C=C4)C=C3)c1. The number of nitrogens with one attached hydrogen (secondary N) is 2. The van der Waals surface area contributed by atoms with Gasteiger partial charge in [-0.15, -0.1) is 5.11 Å². The molecule has 0 atom stereocenters. The smallest absolute Gasteiger partial charge is 0.200 e. The number of aromatic amines is 2. The van der Waals surface area contributed by atoms with Crippen molar-refractivity contribution in [1.82, 2.24) is 24.9 Å². The van der Waals surface area contributed by atoms with E-state index in [1.165, 1.54) is 31.6 Å². The molecule has 6 heterocycles. The molecule has 0 spiro atoms. The molecule has 5 aromatic carbocycles. The van der Waals surface area contributed by atoms with Gasteiger partial charge in [0.05, 0.1) is 58.5 Å². The average molecular weight is 1100 g/mol. The third kappa shape index (κ3) is 8.35. The molecule has 0 aliphatic carbocycles. The van der Waals surface area contributed by atoms with Gasteiger partial charge in [0.1, 0.15) is 11.4 Å². The maximum Gasteiger partial charge on any atom is 0.200 e. The summed E-state index contributed by atoms with van der Waals surface area (Å²) in [6.45, 7) is 0. The van der Waals surface area contributed by atoms with Gasteiger partial charge in [0.15, 0.2) is 69.8 Å². The monoisotopic (exact) mass is 1100 g/mol. The van der Waals surface area contributed by atoms with Crippen molar-refractivity contribution in [2.75, 3.05) is 7.11 Å². The molecule has 0 saturated heterocycles. The second-order valence-electron chi connectivity index (χ2n) is 17.2. The summed E-state index contributed by atoms with van der Waals surface area (Å²) in [5.41, 5.74) is -10.8. The molecule has 8 nitrogen and oxygen atoms in total. The van der Waals surface area contributed by atoms with E-state index < -0.39 is 154 Å². The van der Waals surface area contributed by atoms with Crippen LogP contribution in [0.3, 0.4) is 0 Å². The minimum atomic E-state index is -2.63. The first-order valence-electron chi connectivity index (χ1n) is 22.7. The Bertz CT molecular complexity index is 4240. The number of benzene rings is 5. The van der Waals surface area contributed by atoms with Gasteiger partial charge in [0.25, 0.3) is 0 Å². The van der Waals surface area contributed by atoms with Crippen LogP contribution in [0.15, 0.2) is 101 Å². The van der Waals surface area contributed by atoms with Gasteiger partial charge < -0.3 is 14.7 Å². The number of azo groups is 1. The summed E-state index contributed by atoms with van der Waals surface area (Å²) in [5, 5.41) is 8.58. The number of nitrogens with zero attached hydrogens (tertiary/aromatic N) is 5. The molecule has 8 bridgehead atoms. The molecular weight excluding hydrogens is 1070 g/mol. The number of aromatic nitrogens is 5. The lowest BCUT2D eigenvalue weighted by molar-refractivity contribution is 0.381. The molecule has 11 rings (SSSR count). The number of fused-ring (bicyclic) bond motifs is 8. The van der Waals surface area contributed by atoms with Crippen LogP contribution >= 0.6 is 0 Å². The van der Waals surface area contributed by atoms with Crippen LogP contribution in [0.1, 0.15) is 22.8 Å². The van der Waals surface area contributed by atoms with Crippen molar-refractivity contribution in [3.8, 4) is 61.4 Å². The van der Waals surface area contributed by atoms with E-state index in [2.05, 4.69) is 35.1 Å². The van der Waals surface area contributed by atoms with E-state index in [4.69, 9.17) is 4.74 Å². The standard InChI is InChI=1S/C56H24F15N7O/c1-79-34-17-18-72-20-33(34)78-77-22-6-4-5-21(19-22)23-7-2-3-8-24(23)35-25-9-11-27(73-25)36(39-42(57)48(63)54(69)49(64)43(39)58)29-13-15-31(75-29)38(41-46(61)52(67)56(71)53(68)47(41)62)32-16-14-30(76-32)37(28-12-10-26(35)74-28)40-44(59)50(65)55(70)51(66)45(40)60/h2-20,73,76H,1H3. The molecule has 4 aromatic heterocycles. The van der Waals surface area contributed by atoms with E-state index in [9.17, 15) is 13.2 Å². The molecule has 394 valence electrons. The zero-order chi connectivity index (χ0) is 55.9. The minimum Gasteiger partial charge on any atom is -0.494 e. The second kappa shape index (κ2) is 19.6. The Hall–Kier alpha value is -9.80. The molecule has 0 amide bonds.